The molecule has 0 amide bonds. The monoisotopic (exact) mass is 398 g/mol. The maximum atomic E-state index is 12.4. The second kappa shape index (κ2) is 9.73. The summed E-state index contributed by atoms with van der Waals surface area (Å²) < 4.78 is 0. The molecule has 0 heterocycles. The highest BCUT2D eigenvalue weighted by Gasteiger charge is 2.29. The van der Waals surface area contributed by atoms with E-state index in [4.69, 9.17) is 0 Å². The van der Waals surface area contributed by atoms with E-state index < -0.39 is 0 Å². The van der Waals surface area contributed by atoms with Gasteiger partial charge in [-0.1, -0.05) is 67.6 Å². The highest BCUT2D eigenvalue weighted by atomic mass is 16.1. The van der Waals surface area contributed by atoms with Crippen LogP contribution in [0.1, 0.15) is 43.2 Å². The zero-order chi connectivity index (χ0) is 20.8. The lowest BCUT2D eigenvalue weighted by molar-refractivity contribution is -0.112. The Labute approximate surface area is 179 Å². The van der Waals surface area contributed by atoms with Crippen molar-refractivity contribution in [3.05, 3.63) is 96.1 Å². The fourth-order valence-corrected chi connectivity index (χ4v) is 4.75. The molecule has 2 atom stereocenters. The second-order valence-electron chi connectivity index (χ2n) is 7.97. The minimum absolute atomic E-state index is 0.188. The SMILES string of the molecule is CCN(C(C=O)CC1CCCc2ccccc21)N(c1ccccc1)c1ccccc1. The largest absolute Gasteiger partial charge is 0.302 e. The third kappa shape index (κ3) is 4.31. The number of benzene rings is 3. The van der Waals surface area contributed by atoms with Crippen LogP contribution in [0.5, 0.6) is 0 Å². The Bertz CT molecular complexity index is 902. The molecule has 1 aliphatic carbocycles. The molecule has 154 valence electrons. The summed E-state index contributed by atoms with van der Waals surface area (Å²) >= 11 is 0. The average molecular weight is 399 g/mol. The summed E-state index contributed by atoms with van der Waals surface area (Å²) in [7, 11) is 0. The van der Waals surface area contributed by atoms with Gasteiger partial charge < -0.3 is 4.79 Å². The van der Waals surface area contributed by atoms with E-state index in [1.807, 2.05) is 36.4 Å². The van der Waals surface area contributed by atoms with Crippen molar-refractivity contribution in [1.82, 2.24) is 5.01 Å². The van der Waals surface area contributed by atoms with E-state index in [9.17, 15) is 4.79 Å². The van der Waals surface area contributed by atoms with E-state index in [1.165, 1.54) is 17.5 Å². The van der Waals surface area contributed by atoms with Crippen molar-refractivity contribution < 1.29 is 4.79 Å². The van der Waals surface area contributed by atoms with Crippen LogP contribution in [0.4, 0.5) is 11.4 Å². The van der Waals surface area contributed by atoms with Crippen molar-refractivity contribution in [2.75, 3.05) is 11.6 Å². The van der Waals surface area contributed by atoms with Gasteiger partial charge in [-0.25, -0.2) is 5.01 Å². The van der Waals surface area contributed by atoms with Gasteiger partial charge in [0.2, 0.25) is 0 Å². The molecule has 3 heteroatoms. The summed E-state index contributed by atoms with van der Waals surface area (Å²) in [6.07, 6.45) is 5.47. The Hall–Kier alpha value is -2.91. The van der Waals surface area contributed by atoms with Crippen LogP contribution in [-0.4, -0.2) is 23.9 Å². The molecule has 3 aromatic rings. The Morgan fingerprint density at radius 2 is 1.50 bits per heavy atom. The van der Waals surface area contributed by atoms with Crippen LogP contribution in [0.15, 0.2) is 84.9 Å². The molecule has 0 saturated heterocycles. The smallest absolute Gasteiger partial charge is 0.139 e. The number of rotatable bonds is 8. The van der Waals surface area contributed by atoms with Gasteiger partial charge in [-0.2, -0.15) is 0 Å². The number of para-hydroxylation sites is 2. The summed E-state index contributed by atoms with van der Waals surface area (Å²) in [5.41, 5.74) is 5.02. The van der Waals surface area contributed by atoms with E-state index >= 15 is 0 Å². The molecule has 2 unspecified atom stereocenters. The molecule has 3 aromatic carbocycles. The Kier molecular flexibility index (Phi) is 6.60. The van der Waals surface area contributed by atoms with Crippen LogP contribution in [-0.2, 0) is 11.2 Å². The first kappa shape index (κ1) is 20.4. The van der Waals surface area contributed by atoms with Crippen molar-refractivity contribution in [2.24, 2.45) is 0 Å². The number of aldehydes is 1. The van der Waals surface area contributed by atoms with Crippen molar-refractivity contribution in [3.8, 4) is 0 Å². The quantitative estimate of drug-likeness (QED) is 0.336. The van der Waals surface area contributed by atoms with Gasteiger partial charge in [0.15, 0.2) is 0 Å². The van der Waals surface area contributed by atoms with Crippen molar-refractivity contribution in [2.45, 2.75) is 44.6 Å². The molecule has 0 aromatic heterocycles. The lowest BCUT2D eigenvalue weighted by atomic mass is 9.79. The molecular formula is C27H30N2O. The number of carbonyl (C=O) groups is 1. The fourth-order valence-electron chi connectivity index (χ4n) is 4.75. The predicted molar refractivity (Wildman–Crippen MR) is 124 cm³/mol. The molecule has 3 nitrogen and oxygen atoms in total. The van der Waals surface area contributed by atoms with Crippen molar-refractivity contribution >= 4 is 17.7 Å². The molecule has 1 aliphatic rings. The molecule has 0 radical (unpaired) electrons. The lowest BCUT2D eigenvalue weighted by Crippen LogP contribution is -2.48. The van der Waals surface area contributed by atoms with Gasteiger partial charge in [0.05, 0.1) is 17.4 Å². The topological polar surface area (TPSA) is 23.6 Å². The molecule has 0 bridgehead atoms. The zero-order valence-corrected chi connectivity index (χ0v) is 17.7. The molecule has 0 aliphatic heterocycles. The number of hydrogen-bond donors (Lipinski definition) is 0. The van der Waals surface area contributed by atoms with Crippen molar-refractivity contribution in [1.29, 1.82) is 0 Å². The van der Waals surface area contributed by atoms with E-state index in [1.54, 1.807) is 0 Å². The maximum Gasteiger partial charge on any atom is 0.139 e. The average Bonchev–Trinajstić information content (AvgIpc) is 2.82. The van der Waals surface area contributed by atoms with Gasteiger partial charge in [0.1, 0.15) is 6.29 Å². The normalized spacial score (nSPS) is 16.7. The molecule has 4 rings (SSSR count). The van der Waals surface area contributed by atoms with Crippen LogP contribution >= 0.6 is 0 Å². The molecule has 30 heavy (non-hydrogen) atoms. The number of anilines is 2. The molecular weight excluding hydrogens is 368 g/mol. The van der Waals surface area contributed by atoms with Crippen LogP contribution in [0.2, 0.25) is 0 Å². The van der Waals surface area contributed by atoms with Gasteiger partial charge in [-0.05, 0) is 67.0 Å². The van der Waals surface area contributed by atoms with E-state index in [0.29, 0.717) is 5.92 Å². The molecule has 0 spiro atoms. The number of hydrazine groups is 1. The van der Waals surface area contributed by atoms with E-state index in [0.717, 1.165) is 43.5 Å². The Morgan fingerprint density at radius 3 is 2.10 bits per heavy atom. The maximum absolute atomic E-state index is 12.4. The summed E-state index contributed by atoms with van der Waals surface area (Å²) in [6.45, 7) is 2.88. The third-order valence-electron chi connectivity index (χ3n) is 6.14. The first-order chi connectivity index (χ1) is 14.8. The standard InChI is InChI=1S/C27H30N2O/c1-2-28(29(24-15-5-3-6-16-24)25-17-7-4-8-18-25)26(21-30)20-23-14-11-13-22-12-9-10-19-27(22)23/h3-10,12,15-19,21,23,26H,2,11,13-14,20H2,1H3. The number of carbonyl (C=O) groups excluding carboxylic acids is 1. The molecule has 0 fully saturated rings. The number of fused-ring (bicyclic) bond motifs is 1. The lowest BCUT2D eigenvalue weighted by Gasteiger charge is -2.41. The van der Waals surface area contributed by atoms with E-state index in [-0.39, 0.29) is 6.04 Å². The van der Waals surface area contributed by atoms with Crippen molar-refractivity contribution in [3.63, 3.8) is 0 Å². The number of nitrogens with zero attached hydrogens (tertiary/aromatic N) is 2. The van der Waals surface area contributed by atoms with Crippen LogP contribution in [0.3, 0.4) is 0 Å². The predicted octanol–water partition coefficient (Wildman–Crippen LogP) is 6.14. The Balaban J connectivity index is 1.67. The minimum Gasteiger partial charge on any atom is -0.302 e. The van der Waals surface area contributed by atoms with Gasteiger partial charge in [-0.15, -0.1) is 0 Å². The van der Waals surface area contributed by atoms with Gasteiger partial charge in [0.25, 0.3) is 0 Å². The van der Waals surface area contributed by atoms with Crippen LogP contribution in [0.25, 0.3) is 0 Å². The minimum atomic E-state index is -0.188. The number of likely N-dealkylation sites (N-methyl/N-ethyl adjacent to an activating group) is 1. The third-order valence-corrected chi connectivity index (χ3v) is 6.14. The second-order valence-corrected chi connectivity index (χ2v) is 7.97. The van der Waals surface area contributed by atoms with Gasteiger partial charge in [0, 0.05) is 6.54 Å². The van der Waals surface area contributed by atoms with Crippen LogP contribution < -0.4 is 5.01 Å². The summed E-state index contributed by atoms with van der Waals surface area (Å²) in [6, 6.07) is 29.2. The fraction of sp³-hybridized carbons (Fsp3) is 0.296. The number of aryl methyl sites for hydroxylation is 1. The van der Waals surface area contributed by atoms with Gasteiger partial charge >= 0.3 is 0 Å². The van der Waals surface area contributed by atoms with Gasteiger partial charge in [-0.3, -0.25) is 5.01 Å². The highest BCUT2D eigenvalue weighted by Crippen LogP contribution is 2.36. The first-order valence-electron chi connectivity index (χ1n) is 11.0. The van der Waals surface area contributed by atoms with E-state index in [2.05, 4.69) is 65.5 Å². The number of hydrogen-bond acceptors (Lipinski definition) is 3. The summed E-state index contributed by atoms with van der Waals surface area (Å²) in [4.78, 5) is 12.4. The summed E-state index contributed by atoms with van der Waals surface area (Å²) in [5.74, 6) is 0.424. The summed E-state index contributed by atoms with van der Waals surface area (Å²) in [5, 5.41) is 4.42. The zero-order valence-electron chi connectivity index (χ0n) is 17.7. The van der Waals surface area contributed by atoms with Crippen LogP contribution in [0, 0.1) is 0 Å². The highest BCUT2D eigenvalue weighted by molar-refractivity contribution is 5.65. The molecule has 0 N–H and O–H groups in total. The Morgan fingerprint density at radius 1 is 0.900 bits per heavy atom. The molecule has 0 saturated carbocycles. The first-order valence-corrected chi connectivity index (χ1v) is 11.0.